The fourth-order valence-electron chi connectivity index (χ4n) is 1.44. The van der Waals surface area contributed by atoms with Gasteiger partial charge in [0.2, 0.25) is 0 Å². The van der Waals surface area contributed by atoms with Gasteiger partial charge in [-0.05, 0) is 23.6 Å². The summed E-state index contributed by atoms with van der Waals surface area (Å²) in [6.07, 6.45) is 0. The van der Waals surface area contributed by atoms with Crippen LogP contribution in [0.15, 0.2) is 29.6 Å². The molecule has 0 saturated heterocycles. The van der Waals surface area contributed by atoms with Gasteiger partial charge in [0, 0.05) is 15.5 Å². The lowest BCUT2D eigenvalue weighted by molar-refractivity contribution is 0.601. The molecule has 0 amide bonds. The average Bonchev–Trinajstić information content (AvgIpc) is 2.77. The molecule has 84 valence electrons. The molecule has 0 radical (unpaired) electrons. The van der Waals surface area contributed by atoms with Gasteiger partial charge in [-0.1, -0.05) is 29.3 Å². The van der Waals surface area contributed by atoms with Crippen LogP contribution < -0.4 is 5.73 Å². The second kappa shape index (κ2) is 4.72. The quantitative estimate of drug-likeness (QED) is 0.815. The van der Waals surface area contributed by atoms with E-state index in [1.165, 1.54) is 17.4 Å². The minimum Gasteiger partial charge on any atom is -0.319 e. The zero-order chi connectivity index (χ0) is 11.7. The van der Waals surface area contributed by atoms with E-state index in [4.69, 9.17) is 28.9 Å². The molecule has 0 unspecified atom stereocenters. The van der Waals surface area contributed by atoms with Crippen molar-refractivity contribution in [3.63, 3.8) is 0 Å². The monoisotopic (exact) mass is 275 g/mol. The van der Waals surface area contributed by atoms with Gasteiger partial charge in [-0.15, -0.1) is 11.3 Å². The molecule has 0 aliphatic carbocycles. The van der Waals surface area contributed by atoms with Crippen molar-refractivity contribution in [2.45, 2.75) is 6.04 Å². The Morgan fingerprint density at radius 2 is 1.88 bits per heavy atom. The van der Waals surface area contributed by atoms with E-state index in [0.29, 0.717) is 5.02 Å². The fourth-order valence-corrected chi connectivity index (χ4v) is 2.60. The second-order valence-corrected chi connectivity index (χ2v) is 5.04. The van der Waals surface area contributed by atoms with Gasteiger partial charge in [-0.25, -0.2) is 4.39 Å². The van der Waals surface area contributed by atoms with Gasteiger partial charge >= 0.3 is 0 Å². The highest BCUT2D eigenvalue weighted by atomic mass is 35.5. The molecule has 1 aromatic carbocycles. The molecule has 0 fully saturated rings. The highest BCUT2D eigenvalue weighted by Gasteiger charge is 2.19. The third-order valence-corrected chi connectivity index (χ3v) is 3.82. The minimum atomic E-state index is -0.578. The molecule has 2 aromatic rings. The van der Waals surface area contributed by atoms with E-state index >= 15 is 0 Å². The second-order valence-electron chi connectivity index (χ2n) is 3.25. The third kappa shape index (κ3) is 2.09. The maximum atomic E-state index is 13.8. The summed E-state index contributed by atoms with van der Waals surface area (Å²) in [4.78, 5) is 0.850. The van der Waals surface area contributed by atoms with Crippen molar-refractivity contribution in [3.05, 3.63) is 55.9 Å². The summed E-state index contributed by atoms with van der Waals surface area (Å²) in [5, 5.41) is 2.21. The SMILES string of the molecule is N[C@H](c1cccs1)c1c(Cl)ccc(Cl)c1F. The maximum absolute atomic E-state index is 13.8. The molecule has 1 heterocycles. The third-order valence-electron chi connectivity index (χ3n) is 2.24. The molecule has 0 spiro atoms. The Morgan fingerprint density at radius 3 is 2.50 bits per heavy atom. The van der Waals surface area contributed by atoms with Gasteiger partial charge < -0.3 is 5.73 Å². The highest BCUT2D eigenvalue weighted by molar-refractivity contribution is 7.10. The molecule has 1 atom stereocenters. The summed E-state index contributed by atoms with van der Waals surface area (Å²) in [5.41, 5.74) is 6.21. The van der Waals surface area contributed by atoms with Crippen LogP contribution in [0.25, 0.3) is 0 Å². The summed E-state index contributed by atoms with van der Waals surface area (Å²) in [7, 11) is 0. The van der Waals surface area contributed by atoms with Crippen LogP contribution >= 0.6 is 34.5 Å². The largest absolute Gasteiger partial charge is 0.319 e. The van der Waals surface area contributed by atoms with Crippen molar-refractivity contribution in [1.29, 1.82) is 0 Å². The smallest absolute Gasteiger partial charge is 0.148 e. The van der Waals surface area contributed by atoms with Crippen molar-refractivity contribution >= 4 is 34.5 Å². The summed E-state index contributed by atoms with van der Waals surface area (Å²) >= 11 is 13.1. The zero-order valence-electron chi connectivity index (χ0n) is 8.08. The van der Waals surface area contributed by atoms with Crippen molar-refractivity contribution in [1.82, 2.24) is 0 Å². The predicted molar refractivity (Wildman–Crippen MR) is 66.8 cm³/mol. The van der Waals surface area contributed by atoms with Crippen LogP contribution in [0.2, 0.25) is 10.0 Å². The highest BCUT2D eigenvalue weighted by Crippen LogP contribution is 2.33. The summed E-state index contributed by atoms with van der Waals surface area (Å²) in [5.74, 6) is -0.546. The van der Waals surface area contributed by atoms with Crippen molar-refractivity contribution < 1.29 is 4.39 Å². The zero-order valence-corrected chi connectivity index (χ0v) is 10.4. The number of thiophene rings is 1. The van der Waals surface area contributed by atoms with E-state index in [-0.39, 0.29) is 10.6 Å². The van der Waals surface area contributed by atoms with Gasteiger partial charge in [0.1, 0.15) is 5.82 Å². The lowest BCUT2D eigenvalue weighted by Gasteiger charge is -2.13. The lowest BCUT2D eigenvalue weighted by Crippen LogP contribution is -2.13. The molecule has 16 heavy (non-hydrogen) atoms. The van der Waals surface area contributed by atoms with Crippen molar-refractivity contribution in [2.24, 2.45) is 5.73 Å². The van der Waals surface area contributed by atoms with Crippen LogP contribution in [0.1, 0.15) is 16.5 Å². The Labute approximate surface area is 107 Å². The first-order chi connectivity index (χ1) is 7.61. The number of halogens is 3. The first-order valence-corrected chi connectivity index (χ1v) is 6.17. The average molecular weight is 276 g/mol. The normalized spacial score (nSPS) is 12.8. The van der Waals surface area contributed by atoms with E-state index in [0.717, 1.165) is 4.88 Å². The van der Waals surface area contributed by atoms with E-state index in [1.807, 2.05) is 17.5 Å². The summed E-state index contributed by atoms with van der Waals surface area (Å²) in [6.45, 7) is 0. The van der Waals surface area contributed by atoms with Gasteiger partial charge in [0.05, 0.1) is 11.1 Å². The number of hydrogen-bond donors (Lipinski definition) is 1. The maximum Gasteiger partial charge on any atom is 0.148 e. The number of benzene rings is 1. The van der Waals surface area contributed by atoms with Crippen LogP contribution in [0.5, 0.6) is 0 Å². The van der Waals surface area contributed by atoms with E-state index in [9.17, 15) is 4.39 Å². The van der Waals surface area contributed by atoms with Crippen LogP contribution in [0, 0.1) is 5.82 Å². The van der Waals surface area contributed by atoms with E-state index < -0.39 is 11.9 Å². The molecule has 0 saturated carbocycles. The fraction of sp³-hybridized carbons (Fsp3) is 0.0909. The minimum absolute atomic E-state index is 0.0337. The summed E-state index contributed by atoms with van der Waals surface area (Å²) in [6, 6.07) is 6.09. The molecule has 2 rings (SSSR count). The Kier molecular flexibility index (Phi) is 3.50. The van der Waals surface area contributed by atoms with Crippen LogP contribution in [0.4, 0.5) is 4.39 Å². The van der Waals surface area contributed by atoms with Crippen molar-refractivity contribution in [3.8, 4) is 0 Å². The topological polar surface area (TPSA) is 26.0 Å². The number of nitrogens with two attached hydrogens (primary N) is 1. The van der Waals surface area contributed by atoms with Crippen LogP contribution in [0.3, 0.4) is 0 Å². The van der Waals surface area contributed by atoms with Gasteiger partial charge in [-0.3, -0.25) is 0 Å². The summed E-state index contributed by atoms with van der Waals surface area (Å²) < 4.78 is 13.8. The number of hydrogen-bond acceptors (Lipinski definition) is 2. The molecule has 5 heteroatoms. The van der Waals surface area contributed by atoms with Gasteiger partial charge in [-0.2, -0.15) is 0 Å². The molecule has 2 N–H and O–H groups in total. The first-order valence-electron chi connectivity index (χ1n) is 4.53. The molecule has 1 aromatic heterocycles. The van der Waals surface area contributed by atoms with Crippen LogP contribution in [-0.2, 0) is 0 Å². The Hall–Kier alpha value is -0.610. The first kappa shape index (κ1) is 11.9. The molecule has 0 aliphatic heterocycles. The molecular formula is C11H8Cl2FNS. The van der Waals surface area contributed by atoms with E-state index in [2.05, 4.69) is 0 Å². The van der Waals surface area contributed by atoms with Crippen LogP contribution in [-0.4, -0.2) is 0 Å². The standard InChI is InChI=1S/C11H8Cl2FNS/c12-6-3-4-7(13)10(14)9(6)11(15)8-2-1-5-16-8/h1-5,11H,15H2/t11-/m1/s1. The number of rotatable bonds is 2. The van der Waals surface area contributed by atoms with Crippen molar-refractivity contribution in [2.75, 3.05) is 0 Å². The van der Waals surface area contributed by atoms with E-state index in [1.54, 1.807) is 6.07 Å². The molecule has 0 aliphatic rings. The Bertz CT molecular complexity index is 499. The molecular weight excluding hydrogens is 268 g/mol. The Balaban J connectivity index is 2.52. The lowest BCUT2D eigenvalue weighted by atomic mass is 10.1. The molecule has 1 nitrogen and oxygen atoms in total. The predicted octanol–water partition coefficient (Wildman–Crippen LogP) is 4.24. The van der Waals surface area contributed by atoms with Gasteiger partial charge in [0.25, 0.3) is 0 Å². The Morgan fingerprint density at radius 1 is 1.19 bits per heavy atom. The van der Waals surface area contributed by atoms with Gasteiger partial charge in [0.15, 0.2) is 0 Å². The molecule has 0 bridgehead atoms.